The summed E-state index contributed by atoms with van der Waals surface area (Å²) in [6.07, 6.45) is 1.72. The molecular formula is C23H18Cl2N2O2. The number of anilines is 2. The molecule has 1 aliphatic rings. The molecule has 4 rings (SSSR count). The summed E-state index contributed by atoms with van der Waals surface area (Å²) in [5.41, 5.74) is 3.69. The van der Waals surface area contributed by atoms with Crippen LogP contribution in [0, 0.1) is 0 Å². The number of carbonyl (C=O) groups is 2. The molecule has 1 heterocycles. The number of amides is 2. The molecule has 1 aliphatic heterocycles. The van der Waals surface area contributed by atoms with Crippen molar-refractivity contribution >= 4 is 46.4 Å². The fourth-order valence-corrected chi connectivity index (χ4v) is 3.76. The lowest BCUT2D eigenvalue weighted by Gasteiger charge is -2.30. The normalized spacial score (nSPS) is 13.0. The molecule has 4 nitrogen and oxygen atoms in total. The van der Waals surface area contributed by atoms with E-state index in [2.05, 4.69) is 5.32 Å². The molecule has 0 bridgehead atoms. The maximum Gasteiger partial charge on any atom is 0.258 e. The zero-order valence-corrected chi connectivity index (χ0v) is 17.0. The summed E-state index contributed by atoms with van der Waals surface area (Å²) >= 11 is 11.9. The summed E-state index contributed by atoms with van der Waals surface area (Å²) in [5.74, 6) is -0.282. The van der Waals surface area contributed by atoms with E-state index in [0.717, 1.165) is 24.1 Å². The van der Waals surface area contributed by atoms with Gasteiger partial charge in [-0.3, -0.25) is 9.59 Å². The summed E-state index contributed by atoms with van der Waals surface area (Å²) in [6, 6.07) is 19.6. The first-order valence-electron chi connectivity index (χ1n) is 9.29. The van der Waals surface area contributed by atoms with Crippen molar-refractivity contribution in [1.29, 1.82) is 0 Å². The molecule has 2 amide bonds. The number of halogens is 2. The number of hydrogen-bond donors (Lipinski definition) is 1. The van der Waals surface area contributed by atoms with E-state index in [1.165, 1.54) is 6.07 Å². The highest BCUT2D eigenvalue weighted by molar-refractivity contribution is 6.42. The topological polar surface area (TPSA) is 49.4 Å². The third-order valence-corrected chi connectivity index (χ3v) is 5.64. The number of benzene rings is 3. The molecule has 3 aromatic carbocycles. The molecule has 3 aromatic rings. The summed E-state index contributed by atoms with van der Waals surface area (Å²) < 4.78 is 0. The van der Waals surface area contributed by atoms with E-state index in [0.29, 0.717) is 33.4 Å². The van der Waals surface area contributed by atoms with Crippen molar-refractivity contribution in [1.82, 2.24) is 0 Å². The molecule has 0 fully saturated rings. The maximum absolute atomic E-state index is 12.9. The van der Waals surface area contributed by atoms with Crippen molar-refractivity contribution in [3.63, 3.8) is 0 Å². The number of nitrogens with one attached hydrogen (secondary N) is 1. The first kappa shape index (κ1) is 19.5. The van der Waals surface area contributed by atoms with Crippen LogP contribution in [0.4, 0.5) is 11.4 Å². The van der Waals surface area contributed by atoms with Gasteiger partial charge in [0.1, 0.15) is 0 Å². The molecule has 1 N–H and O–H groups in total. The van der Waals surface area contributed by atoms with Gasteiger partial charge < -0.3 is 10.2 Å². The van der Waals surface area contributed by atoms with Crippen LogP contribution in [0.2, 0.25) is 10.0 Å². The maximum atomic E-state index is 12.9. The summed E-state index contributed by atoms with van der Waals surface area (Å²) in [4.78, 5) is 27.2. The van der Waals surface area contributed by atoms with E-state index >= 15 is 0 Å². The van der Waals surface area contributed by atoms with E-state index in [1.54, 1.807) is 17.0 Å². The van der Waals surface area contributed by atoms with E-state index in [-0.39, 0.29) is 11.8 Å². The highest BCUT2D eigenvalue weighted by Gasteiger charge is 2.24. The van der Waals surface area contributed by atoms with E-state index in [1.807, 2.05) is 48.5 Å². The van der Waals surface area contributed by atoms with Crippen molar-refractivity contribution in [2.24, 2.45) is 0 Å². The molecule has 0 radical (unpaired) electrons. The van der Waals surface area contributed by atoms with Crippen LogP contribution >= 0.6 is 23.2 Å². The smallest absolute Gasteiger partial charge is 0.258 e. The minimum absolute atomic E-state index is 0.0147. The molecule has 0 aliphatic carbocycles. The lowest BCUT2D eigenvalue weighted by atomic mass is 10.00. The summed E-state index contributed by atoms with van der Waals surface area (Å²) in [6.45, 7) is 0.676. The second-order valence-electron chi connectivity index (χ2n) is 6.85. The van der Waals surface area contributed by atoms with Crippen LogP contribution in [0.25, 0.3) is 0 Å². The first-order valence-corrected chi connectivity index (χ1v) is 10.0. The Bertz CT molecular complexity index is 1080. The quantitative estimate of drug-likeness (QED) is 0.573. The molecule has 0 saturated carbocycles. The zero-order chi connectivity index (χ0) is 20.4. The highest BCUT2D eigenvalue weighted by Crippen LogP contribution is 2.31. The average molecular weight is 425 g/mol. The van der Waals surface area contributed by atoms with Crippen LogP contribution in [0.15, 0.2) is 66.7 Å². The van der Waals surface area contributed by atoms with E-state index in [4.69, 9.17) is 23.2 Å². The van der Waals surface area contributed by atoms with Crippen LogP contribution in [0.3, 0.4) is 0 Å². The predicted molar refractivity (Wildman–Crippen MR) is 117 cm³/mol. The van der Waals surface area contributed by atoms with Gasteiger partial charge in [-0.1, -0.05) is 41.4 Å². The Hall–Kier alpha value is -2.82. The fourth-order valence-electron chi connectivity index (χ4n) is 3.46. The van der Waals surface area contributed by atoms with E-state index < -0.39 is 0 Å². The third kappa shape index (κ3) is 4.14. The standard InChI is InChI=1S/C23H18Cl2N2O2/c24-19-10-8-17(14-20(19)25)22(28)26-18-9-11-21-16(13-18)7-4-12-27(21)23(29)15-5-2-1-3-6-15/h1-3,5-6,8-11,13-14H,4,7,12H2,(H,26,28). The second kappa shape index (κ2) is 8.27. The van der Waals surface area contributed by atoms with Crippen molar-refractivity contribution in [3.05, 3.63) is 93.5 Å². The molecule has 0 saturated heterocycles. The van der Waals surface area contributed by atoms with Gasteiger partial charge in [0.05, 0.1) is 10.0 Å². The number of rotatable bonds is 3. The molecule has 0 aromatic heterocycles. The largest absolute Gasteiger partial charge is 0.322 e. The number of nitrogens with zero attached hydrogens (tertiary/aromatic N) is 1. The van der Waals surface area contributed by atoms with Gasteiger partial charge in [0.2, 0.25) is 0 Å². The van der Waals surface area contributed by atoms with Crippen molar-refractivity contribution in [2.75, 3.05) is 16.8 Å². The Kier molecular flexibility index (Phi) is 5.56. The Morgan fingerprint density at radius 1 is 0.862 bits per heavy atom. The number of carbonyl (C=O) groups excluding carboxylic acids is 2. The van der Waals surface area contributed by atoms with Gasteiger partial charge in [-0.15, -0.1) is 0 Å². The predicted octanol–water partition coefficient (Wildman–Crippen LogP) is 5.84. The van der Waals surface area contributed by atoms with Gasteiger partial charge in [0.15, 0.2) is 0 Å². The van der Waals surface area contributed by atoms with Gasteiger partial charge in [-0.25, -0.2) is 0 Å². The zero-order valence-electron chi connectivity index (χ0n) is 15.5. The van der Waals surface area contributed by atoms with Gasteiger partial charge in [0.25, 0.3) is 11.8 Å². The summed E-state index contributed by atoms with van der Waals surface area (Å²) in [5, 5.41) is 3.62. The molecule has 0 unspecified atom stereocenters. The SMILES string of the molecule is O=C(Nc1ccc2c(c1)CCCN2C(=O)c1ccccc1)c1ccc(Cl)c(Cl)c1. The van der Waals surface area contributed by atoms with Crippen molar-refractivity contribution < 1.29 is 9.59 Å². The Morgan fingerprint density at radius 2 is 1.66 bits per heavy atom. The first-order chi connectivity index (χ1) is 14.0. The van der Waals surface area contributed by atoms with Gasteiger partial charge in [0, 0.05) is 29.0 Å². The minimum atomic E-state index is -0.267. The molecule has 0 atom stereocenters. The van der Waals surface area contributed by atoms with E-state index in [9.17, 15) is 9.59 Å². The van der Waals surface area contributed by atoms with Crippen LogP contribution in [0.5, 0.6) is 0 Å². The monoisotopic (exact) mass is 424 g/mol. The number of fused-ring (bicyclic) bond motifs is 1. The van der Waals surface area contributed by atoms with Gasteiger partial charge in [-0.05, 0) is 66.9 Å². The van der Waals surface area contributed by atoms with Crippen LogP contribution in [-0.4, -0.2) is 18.4 Å². The van der Waals surface area contributed by atoms with Gasteiger partial charge in [-0.2, -0.15) is 0 Å². The molecule has 29 heavy (non-hydrogen) atoms. The third-order valence-electron chi connectivity index (χ3n) is 4.90. The van der Waals surface area contributed by atoms with Crippen LogP contribution in [0.1, 0.15) is 32.7 Å². The number of aryl methyl sites for hydroxylation is 1. The highest BCUT2D eigenvalue weighted by atomic mass is 35.5. The Morgan fingerprint density at radius 3 is 2.41 bits per heavy atom. The minimum Gasteiger partial charge on any atom is -0.322 e. The molecule has 0 spiro atoms. The van der Waals surface area contributed by atoms with Crippen molar-refractivity contribution in [3.8, 4) is 0 Å². The Labute approximate surface area is 179 Å². The average Bonchev–Trinajstić information content (AvgIpc) is 2.75. The fraction of sp³-hybridized carbons (Fsp3) is 0.130. The van der Waals surface area contributed by atoms with Crippen molar-refractivity contribution in [2.45, 2.75) is 12.8 Å². The number of hydrogen-bond acceptors (Lipinski definition) is 2. The molecular weight excluding hydrogens is 407 g/mol. The molecule has 146 valence electrons. The van der Waals surface area contributed by atoms with Crippen LogP contribution in [-0.2, 0) is 6.42 Å². The summed E-state index contributed by atoms with van der Waals surface area (Å²) in [7, 11) is 0. The van der Waals surface area contributed by atoms with Crippen LogP contribution < -0.4 is 10.2 Å². The lowest BCUT2D eigenvalue weighted by molar-refractivity contribution is 0.0983. The molecule has 6 heteroatoms. The second-order valence-corrected chi connectivity index (χ2v) is 7.67. The Balaban J connectivity index is 1.56. The lowest BCUT2D eigenvalue weighted by Crippen LogP contribution is -2.35. The van der Waals surface area contributed by atoms with Gasteiger partial charge >= 0.3 is 0 Å².